The first-order chi connectivity index (χ1) is 7.22. The van der Waals surface area contributed by atoms with E-state index in [0.29, 0.717) is 5.16 Å². The van der Waals surface area contributed by atoms with Crippen molar-refractivity contribution >= 4 is 23.8 Å². The predicted molar refractivity (Wildman–Crippen MR) is 52.3 cm³/mol. The molecule has 2 amide bonds. The van der Waals surface area contributed by atoms with E-state index >= 15 is 0 Å². The van der Waals surface area contributed by atoms with E-state index in [1.54, 1.807) is 6.92 Å². The number of rotatable bonds is 4. The minimum atomic E-state index is -0.735. The van der Waals surface area contributed by atoms with Crippen LogP contribution in [0, 0.1) is 0 Å². The van der Waals surface area contributed by atoms with Crippen LogP contribution in [-0.4, -0.2) is 39.5 Å². The van der Waals surface area contributed by atoms with Crippen LogP contribution in [0.4, 0.5) is 4.79 Å². The topological polar surface area (TPSA) is 97.0 Å². The molecule has 0 saturated carbocycles. The number of aromatic amines is 1. The lowest BCUT2D eigenvalue weighted by molar-refractivity contribution is -0.117. The van der Waals surface area contributed by atoms with E-state index in [2.05, 4.69) is 25.2 Å². The fourth-order valence-corrected chi connectivity index (χ4v) is 1.29. The Morgan fingerprint density at radius 1 is 1.67 bits per heavy atom. The summed E-state index contributed by atoms with van der Waals surface area (Å²) in [7, 11) is 0. The van der Waals surface area contributed by atoms with Crippen molar-refractivity contribution in [2.75, 3.05) is 12.4 Å². The number of hydrogen-bond donors (Lipinski definition) is 2. The van der Waals surface area contributed by atoms with Gasteiger partial charge in [0.15, 0.2) is 5.16 Å². The zero-order chi connectivity index (χ0) is 11.1. The van der Waals surface area contributed by atoms with Gasteiger partial charge in [-0.3, -0.25) is 15.2 Å². The second kappa shape index (κ2) is 6.02. The predicted octanol–water partition coefficient (Wildman–Crippen LogP) is 0.170. The summed E-state index contributed by atoms with van der Waals surface area (Å²) >= 11 is 1.15. The zero-order valence-corrected chi connectivity index (χ0v) is 8.84. The minimum Gasteiger partial charge on any atom is -0.450 e. The Hall–Kier alpha value is -1.57. The third-order valence-electron chi connectivity index (χ3n) is 1.25. The van der Waals surface area contributed by atoms with E-state index in [-0.39, 0.29) is 12.4 Å². The molecule has 0 aliphatic rings. The van der Waals surface area contributed by atoms with E-state index in [4.69, 9.17) is 0 Å². The fraction of sp³-hybridized carbons (Fsp3) is 0.429. The second-order valence-corrected chi connectivity index (χ2v) is 3.31. The standard InChI is InChI=1S/C7H10N4O3S/c1-2-14-7(13)10-5(12)3-15-6-8-4-9-11-6/h4H,2-3H2,1H3,(H,8,9,11)(H,10,12,13). The zero-order valence-electron chi connectivity index (χ0n) is 8.02. The maximum Gasteiger partial charge on any atom is 0.413 e. The van der Waals surface area contributed by atoms with Crippen LogP contribution in [0.2, 0.25) is 0 Å². The van der Waals surface area contributed by atoms with Gasteiger partial charge < -0.3 is 4.74 Å². The van der Waals surface area contributed by atoms with Gasteiger partial charge in [-0.05, 0) is 6.92 Å². The summed E-state index contributed by atoms with van der Waals surface area (Å²) in [4.78, 5) is 25.7. The van der Waals surface area contributed by atoms with E-state index in [1.165, 1.54) is 6.33 Å². The van der Waals surface area contributed by atoms with Crippen LogP contribution in [0.15, 0.2) is 11.5 Å². The maximum absolute atomic E-state index is 11.1. The van der Waals surface area contributed by atoms with Crippen molar-refractivity contribution in [3.8, 4) is 0 Å². The molecule has 0 fully saturated rings. The highest BCUT2D eigenvalue weighted by Gasteiger charge is 2.09. The molecule has 0 aliphatic carbocycles. The number of carbonyl (C=O) groups excluding carboxylic acids is 2. The summed E-state index contributed by atoms with van der Waals surface area (Å²) in [6.45, 7) is 1.89. The summed E-state index contributed by atoms with van der Waals surface area (Å²) in [6, 6.07) is 0. The molecular weight excluding hydrogens is 220 g/mol. The summed E-state index contributed by atoms with van der Waals surface area (Å²) in [5.41, 5.74) is 0. The summed E-state index contributed by atoms with van der Waals surface area (Å²) in [5, 5.41) is 8.77. The van der Waals surface area contributed by atoms with Gasteiger partial charge in [-0.25, -0.2) is 9.78 Å². The smallest absolute Gasteiger partial charge is 0.413 e. The van der Waals surface area contributed by atoms with Crippen molar-refractivity contribution in [3.63, 3.8) is 0 Å². The van der Waals surface area contributed by atoms with Gasteiger partial charge in [0, 0.05) is 0 Å². The number of thioether (sulfide) groups is 1. The van der Waals surface area contributed by atoms with Gasteiger partial charge in [0.1, 0.15) is 6.33 Å². The maximum atomic E-state index is 11.1. The van der Waals surface area contributed by atoms with E-state index in [9.17, 15) is 9.59 Å². The molecule has 1 rings (SSSR count). The number of H-pyrrole nitrogens is 1. The average Bonchev–Trinajstić information content (AvgIpc) is 2.67. The number of imide groups is 1. The molecular formula is C7H10N4O3S. The lowest BCUT2D eigenvalue weighted by Gasteiger charge is -2.02. The number of alkyl carbamates (subject to hydrolysis) is 1. The third kappa shape index (κ3) is 4.45. The second-order valence-electron chi connectivity index (χ2n) is 2.35. The fourth-order valence-electron chi connectivity index (χ4n) is 0.715. The molecule has 7 nitrogen and oxygen atoms in total. The summed E-state index contributed by atoms with van der Waals surface area (Å²) in [6.07, 6.45) is 0.603. The molecule has 0 unspecified atom stereocenters. The molecule has 8 heteroatoms. The molecule has 1 heterocycles. The van der Waals surface area contributed by atoms with Crippen molar-refractivity contribution < 1.29 is 14.3 Å². The molecule has 0 spiro atoms. The molecule has 0 radical (unpaired) electrons. The van der Waals surface area contributed by atoms with Gasteiger partial charge >= 0.3 is 6.09 Å². The van der Waals surface area contributed by atoms with Gasteiger partial charge in [0.05, 0.1) is 12.4 Å². The highest BCUT2D eigenvalue weighted by Crippen LogP contribution is 2.09. The first kappa shape index (κ1) is 11.5. The van der Waals surface area contributed by atoms with Crippen molar-refractivity contribution in [2.45, 2.75) is 12.1 Å². The largest absolute Gasteiger partial charge is 0.450 e. The summed E-state index contributed by atoms with van der Waals surface area (Å²) in [5.74, 6) is -0.358. The number of aromatic nitrogens is 3. The minimum absolute atomic E-state index is 0.0774. The Kier molecular flexibility index (Phi) is 4.61. The van der Waals surface area contributed by atoms with Gasteiger partial charge in [0.2, 0.25) is 5.91 Å². The van der Waals surface area contributed by atoms with Gasteiger partial charge in [-0.15, -0.1) is 0 Å². The molecule has 0 saturated heterocycles. The summed E-state index contributed by atoms with van der Waals surface area (Å²) < 4.78 is 4.53. The van der Waals surface area contributed by atoms with Crippen molar-refractivity contribution in [1.82, 2.24) is 20.5 Å². The van der Waals surface area contributed by atoms with E-state index in [0.717, 1.165) is 11.8 Å². The Balaban J connectivity index is 2.22. The number of carbonyl (C=O) groups is 2. The van der Waals surface area contributed by atoms with Crippen LogP contribution in [0.3, 0.4) is 0 Å². The van der Waals surface area contributed by atoms with Crippen LogP contribution in [0.1, 0.15) is 6.92 Å². The molecule has 0 aromatic carbocycles. The van der Waals surface area contributed by atoms with Crippen molar-refractivity contribution in [2.24, 2.45) is 0 Å². The Bertz CT molecular complexity index is 327. The van der Waals surface area contributed by atoms with Crippen LogP contribution in [0.25, 0.3) is 0 Å². The molecule has 82 valence electrons. The van der Waals surface area contributed by atoms with Crippen molar-refractivity contribution in [1.29, 1.82) is 0 Å². The average molecular weight is 230 g/mol. The normalized spacial score (nSPS) is 9.67. The first-order valence-electron chi connectivity index (χ1n) is 4.17. The number of nitrogens with one attached hydrogen (secondary N) is 2. The monoisotopic (exact) mass is 230 g/mol. The SMILES string of the molecule is CCOC(=O)NC(=O)CSc1ncn[nH]1. The molecule has 1 aromatic rings. The third-order valence-corrected chi connectivity index (χ3v) is 2.13. The van der Waals surface area contributed by atoms with Crippen molar-refractivity contribution in [3.05, 3.63) is 6.33 Å². The lowest BCUT2D eigenvalue weighted by atomic mass is 10.7. The van der Waals surface area contributed by atoms with Gasteiger partial charge in [-0.1, -0.05) is 11.8 Å². The quantitative estimate of drug-likeness (QED) is 0.715. The Morgan fingerprint density at radius 2 is 2.47 bits per heavy atom. The van der Waals surface area contributed by atoms with E-state index in [1.807, 2.05) is 0 Å². The number of nitrogens with zero attached hydrogens (tertiary/aromatic N) is 2. The molecule has 0 bridgehead atoms. The van der Waals surface area contributed by atoms with Gasteiger partial charge in [-0.2, -0.15) is 5.10 Å². The van der Waals surface area contributed by atoms with Gasteiger partial charge in [0.25, 0.3) is 0 Å². The van der Waals surface area contributed by atoms with Crippen LogP contribution in [-0.2, 0) is 9.53 Å². The lowest BCUT2D eigenvalue weighted by Crippen LogP contribution is -2.32. The van der Waals surface area contributed by atoms with Crippen LogP contribution in [0.5, 0.6) is 0 Å². The Labute approximate surface area is 90.0 Å². The number of amides is 2. The van der Waals surface area contributed by atoms with Crippen LogP contribution < -0.4 is 5.32 Å². The highest BCUT2D eigenvalue weighted by atomic mass is 32.2. The molecule has 0 atom stereocenters. The Morgan fingerprint density at radius 3 is 3.07 bits per heavy atom. The highest BCUT2D eigenvalue weighted by molar-refractivity contribution is 7.99. The molecule has 0 aliphatic heterocycles. The molecule has 2 N–H and O–H groups in total. The van der Waals surface area contributed by atoms with E-state index < -0.39 is 12.0 Å². The molecule has 15 heavy (non-hydrogen) atoms. The van der Waals surface area contributed by atoms with Crippen LogP contribution >= 0.6 is 11.8 Å². The molecule has 1 aromatic heterocycles. The first-order valence-corrected chi connectivity index (χ1v) is 5.15. The number of hydrogen-bond acceptors (Lipinski definition) is 6. The number of ether oxygens (including phenoxy) is 1.